The minimum Gasteiger partial charge on any atom is -0.490 e. The number of hydrogen-bond donors (Lipinski definition) is 4. The Morgan fingerprint density at radius 3 is 2.16 bits per heavy atom. The molecule has 0 saturated heterocycles. The molecule has 0 radical (unpaired) electrons. The number of nitrogens with one attached hydrogen (secondary N) is 2. The second-order valence-electron chi connectivity index (χ2n) is 8.64. The van der Waals surface area contributed by atoms with Crippen LogP contribution >= 0.6 is 0 Å². The van der Waals surface area contributed by atoms with Gasteiger partial charge in [0, 0.05) is 33.0 Å². The molecule has 0 heterocycles. The third-order valence-electron chi connectivity index (χ3n) is 5.37. The lowest BCUT2D eigenvalue weighted by Gasteiger charge is -2.06. The van der Waals surface area contributed by atoms with Crippen LogP contribution in [0.15, 0.2) is 60.7 Å². The number of nitrogens with two attached hydrogens (primary N) is 1. The van der Waals surface area contributed by atoms with Crippen molar-refractivity contribution in [2.75, 3.05) is 39.2 Å². The van der Waals surface area contributed by atoms with Crippen molar-refractivity contribution in [2.45, 2.75) is 58.5 Å². The number of unbranched alkanes of at least 4 members (excludes halogenated alkanes) is 1. The van der Waals surface area contributed by atoms with Crippen LogP contribution in [0.3, 0.4) is 0 Å². The predicted octanol–water partition coefficient (Wildman–Crippen LogP) is 6.56. The Balaban J connectivity index is 0.000000298. The van der Waals surface area contributed by atoms with E-state index in [-0.39, 0.29) is 5.82 Å². The first-order valence-corrected chi connectivity index (χ1v) is 13.2. The van der Waals surface area contributed by atoms with E-state index in [0.29, 0.717) is 6.10 Å². The number of methoxy groups -OCH3 is 1. The number of hydroxylamine groups is 1. The Morgan fingerprint density at radius 1 is 0.973 bits per heavy atom. The fourth-order valence-corrected chi connectivity index (χ4v) is 3.16. The molecule has 6 nitrogen and oxygen atoms in total. The summed E-state index contributed by atoms with van der Waals surface area (Å²) in [6.07, 6.45) is 7.41. The number of benzene rings is 3. The molecule has 1 aliphatic rings. The normalized spacial score (nSPS) is 11.8. The lowest BCUT2D eigenvalue weighted by atomic mass is 10.1. The number of rotatable bonds is 10. The molecule has 0 atom stereocenters. The molecule has 0 unspecified atom stereocenters. The van der Waals surface area contributed by atoms with Crippen LogP contribution in [0.4, 0.5) is 10.1 Å². The van der Waals surface area contributed by atoms with Gasteiger partial charge in [0.05, 0.1) is 6.10 Å². The molecule has 0 aliphatic heterocycles. The Hall–Kier alpha value is -2.71. The summed E-state index contributed by atoms with van der Waals surface area (Å²) in [6, 6.07) is 19.3. The molecule has 0 spiro atoms. The fraction of sp³-hybridized carbons (Fsp3) is 0.467. The van der Waals surface area contributed by atoms with Gasteiger partial charge in [-0.3, -0.25) is 0 Å². The van der Waals surface area contributed by atoms with E-state index in [1.165, 1.54) is 44.4 Å². The van der Waals surface area contributed by atoms with Gasteiger partial charge in [-0.1, -0.05) is 37.6 Å². The van der Waals surface area contributed by atoms with Crippen molar-refractivity contribution in [3.8, 4) is 5.75 Å². The number of hydrogen-bond acceptors (Lipinski definition) is 6. The van der Waals surface area contributed by atoms with Crippen molar-refractivity contribution in [1.82, 2.24) is 5.48 Å². The van der Waals surface area contributed by atoms with Gasteiger partial charge in [-0.15, -0.1) is 0 Å². The Morgan fingerprint density at radius 2 is 1.59 bits per heavy atom. The van der Waals surface area contributed by atoms with Gasteiger partial charge in [-0.2, -0.15) is 0 Å². The largest absolute Gasteiger partial charge is 0.490 e. The van der Waals surface area contributed by atoms with Crippen molar-refractivity contribution in [2.24, 2.45) is 5.73 Å². The molecule has 3 aromatic rings. The number of halogens is 1. The molecule has 0 bridgehead atoms. The van der Waals surface area contributed by atoms with E-state index >= 15 is 0 Å². The van der Waals surface area contributed by atoms with Gasteiger partial charge in [-0.25, -0.2) is 9.87 Å². The molecule has 37 heavy (non-hydrogen) atoms. The number of aryl methyl sites for hydroxylation is 1. The first-order chi connectivity index (χ1) is 18.0. The highest BCUT2D eigenvalue weighted by atomic mass is 19.1. The zero-order valence-corrected chi connectivity index (χ0v) is 22.9. The topological polar surface area (TPSA) is 88.8 Å². The SMILES string of the molecule is CCCCNc1ccc2cc(F)ccc2c1.CCOC.CNO.NCCCc1ccc(OC2CC2)cc1. The van der Waals surface area contributed by atoms with Crippen LogP contribution < -0.4 is 21.3 Å². The summed E-state index contributed by atoms with van der Waals surface area (Å²) in [5, 5.41) is 12.7. The van der Waals surface area contributed by atoms with Crippen molar-refractivity contribution < 1.29 is 19.1 Å². The first-order valence-electron chi connectivity index (χ1n) is 13.2. The van der Waals surface area contributed by atoms with Crippen molar-refractivity contribution in [1.29, 1.82) is 0 Å². The second kappa shape index (κ2) is 20.4. The molecule has 0 amide bonds. The minimum absolute atomic E-state index is 0.181. The zero-order valence-electron chi connectivity index (χ0n) is 22.9. The standard InChI is InChI=1S/C14H16FN.C12H17NO.C3H8O.CH5NO/c1-2-3-8-16-14-7-5-11-9-13(15)6-4-12(11)10-14;13-9-1-2-10-3-5-11(6-4-10)14-12-7-8-12;1-3-4-2;1-2-3/h4-7,9-10,16H,2-3,8H2,1H3;3-6,12H,1-2,7-9,13H2;3H2,1-2H3;2-3H,1H3. The number of ether oxygens (including phenoxy) is 2. The van der Waals surface area contributed by atoms with E-state index in [4.69, 9.17) is 15.7 Å². The smallest absolute Gasteiger partial charge is 0.123 e. The maximum atomic E-state index is 13.0. The molecular weight excluding hydrogens is 469 g/mol. The third kappa shape index (κ3) is 15.2. The van der Waals surface area contributed by atoms with E-state index in [1.807, 2.05) is 25.1 Å². The summed E-state index contributed by atoms with van der Waals surface area (Å²) >= 11 is 0. The monoisotopic (exact) mass is 515 g/mol. The van der Waals surface area contributed by atoms with Crippen LogP contribution in [-0.2, 0) is 11.2 Å². The maximum absolute atomic E-state index is 13.0. The van der Waals surface area contributed by atoms with Gasteiger partial charge >= 0.3 is 0 Å². The Bertz CT molecular complexity index is 964. The summed E-state index contributed by atoms with van der Waals surface area (Å²) in [4.78, 5) is 0. The molecule has 1 fully saturated rings. The summed E-state index contributed by atoms with van der Waals surface area (Å²) in [5.74, 6) is 0.822. The van der Waals surface area contributed by atoms with E-state index in [1.54, 1.807) is 18.7 Å². The molecule has 5 N–H and O–H groups in total. The van der Waals surface area contributed by atoms with E-state index in [0.717, 1.165) is 54.7 Å². The molecule has 7 heteroatoms. The lowest BCUT2D eigenvalue weighted by molar-refractivity contribution is 0.194. The summed E-state index contributed by atoms with van der Waals surface area (Å²) in [6.45, 7) is 6.70. The Kier molecular flexibility index (Phi) is 17.8. The summed E-state index contributed by atoms with van der Waals surface area (Å²) in [7, 11) is 3.11. The molecule has 206 valence electrons. The van der Waals surface area contributed by atoms with Crippen LogP contribution in [-0.4, -0.2) is 45.2 Å². The average Bonchev–Trinajstić information content (AvgIpc) is 3.73. The summed E-state index contributed by atoms with van der Waals surface area (Å²) in [5.41, 5.74) is 9.66. The van der Waals surface area contributed by atoms with Gasteiger partial charge in [-0.05, 0) is 98.3 Å². The average molecular weight is 516 g/mol. The number of fused-ring (bicyclic) bond motifs is 1. The van der Waals surface area contributed by atoms with Crippen LogP contribution in [0.2, 0.25) is 0 Å². The first kappa shape index (κ1) is 32.3. The van der Waals surface area contributed by atoms with E-state index in [2.05, 4.69) is 47.3 Å². The van der Waals surface area contributed by atoms with Gasteiger partial charge < -0.3 is 25.7 Å². The molecule has 0 aromatic heterocycles. The quantitative estimate of drug-likeness (QED) is 0.181. The van der Waals surface area contributed by atoms with Gasteiger partial charge in [0.2, 0.25) is 0 Å². The van der Waals surface area contributed by atoms with Crippen LogP contribution in [0.1, 0.15) is 51.5 Å². The highest BCUT2D eigenvalue weighted by molar-refractivity contribution is 5.85. The molecule has 4 rings (SSSR count). The summed E-state index contributed by atoms with van der Waals surface area (Å²) < 4.78 is 23.2. The Labute approximate surface area is 222 Å². The van der Waals surface area contributed by atoms with Crippen LogP contribution in [0.5, 0.6) is 5.75 Å². The minimum atomic E-state index is -0.181. The van der Waals surface area contributed by atoms with Crippen molar-refractivity contribution in [3.63, 3.8) is 0 Å². The van der Waals surface area contributed by atoms with E-state index in [9.17, 15) is 4.39 Å². The molecular formula is C30H46FN3O3. The second-order valence-corrected chi connectivity index (χ2v) is 8.64. The van der Waals surface area contributed by atoms with Crippen molar-refractivity contribution >= 4 is 16.5 Å². The van der Waals surface area contributed by atoms with Crippen molar-refractivity contribution in [3.05, 3.63) is 72.0 Å². The van der Waals surface area contributed by atoms with Gasteiger partial charge in [0.15, 0.2) is 0 Å². The molecule has 1 aliphatic carbocycles. The molecule has 3 aromatic carbocycles. The lowest BCUT2D eigenvalue weighted by Crippen LogP contribution is -2.00. The predicted molar refractivity (Wildman–Crippen MR) is 153 cm³/mol. The highest BCUT2D eigenvalue weighted by Gasteiger charge is 2.23. The number of anilines is 1. The molecule has 1 saturated carbocycles. The maximum Gasteiger partial charge on any atom is 0.123 e. The van der Waals surface area contributed by atoms with E-state index < -0.39 is 0 Å². The fourth-order valence-electron chi connectivity index (χ4n) is 3.16. The van der Waals surface area contributed by atoms with Crippen LogP contribution in [0, 0.1) is 5.82 Å². The van der Waals surface area contributed by atoms with Gasteiger partial charge in [0.1, 0.15) is 11.6 Å². The highest BCUT2D eigenvalue weighted by Crippen LogP contribution is 2.26. The zero-order chi connectivity index (χ0) is 27.3. The van der Waals surface area contributed by atoms with Crippen LogP contribution in [0.25, 0.3) is 10.8 Å². The third-order valence-corrected chi connectivity index (χ3v) is 5.37. The van der Waals surface area contributed by atoms with Gasteiger partial charge in [0.25, 0.3) is 0 Å².